The van der Waals surface area contributed by atoms with Crippen molar-refractivity contribution in [2.24, 2.45) is 0 Å². The molecule has 2 N–H and O–H groups in total. The Kier molecular flexibility index (Phi) is 6.78. The molecule has 1 fully saturated rings. The molecule has 0 amide bonds. The van der Waals surface area contributed by atoms with Crippen LogP contribution in [0.4, 0.5) is 4.79 Å². The summed E-state index contributed by atoms with van der Waals surface area (Å²) in [4.78, 5) is 29.8. The maximum absolute atomic E-state index is 12.7. The normalized spacial score (nSPS) is 16.5. The zero-order chi connectivity index (χ0) is 36.6. The minimum Gasteiger partial charge on any atom is -0.478 e. The molecule has 2 aromatic heterocycles. The van der Waals surface area contributed by atoms with E-state index in [1.807, 2.05) is 0 Å². The van der Waals surface area contributed by atoms with E-state index in [1.165, 1.54) is 12.1 Å². The first-order valence-electron chi connectivity index (χ1n) is 17.6. The first-order valence-corrected chi connectivity index (χ1v) is 14.6. The van der Waals surface area contributed by atoms with Gasteiger partial charge in [0.2, 0.25) is 5.82 Å². The number of rotatable bonds is 10. The standard InChI is InChI=1S/C33H34N6O6/c1-3-43-32-34-28-24(20(2)44-33(42)45-23-9-5-4-6-10-23)17-18-27(31(40)41)29(28)39(32)19-21-13-15-22(16-14-21)25-11-7-8-12-26(25)30-35-37-38-36-30/h7-8,11-18,20,23H,3-6,9-10,19H2,1-2H3,(H,40,41)(H,35,36,37,38)/i13D,14D,15D,16D,19D2. The molecule has 1 atom stereocenters. The number of nitrogens with zero attached hydrogens (tertiary/aromatic N) is 5. The number of hydrogen-bond acceptors (Lipinski definition) is 9. The average molecular weight is 617 g/mol. The number of ether oxygens (including phenoxy) is 3. The van der Waals surface area contributed by atoms with Crippen molar-refractivity contribution < 1.29 is 37.1 Å². The Hall–Kier alpha value is -5.26. The minimum absolute atomic E-state index is 0.0302. The molecule has 0 bridgehead atoms. The van der Waals surface area contributed by atoms with Gasteiger partial charge in [-0.2, -0.15) is 10.2 Å². The fourth-order valence-corrected chi connectivity index (χ4v) is 5.35. The van der Waals surface area contributed by atoms with Crippen molar-refractivity contribution in [3.8, 4) is 28.5 Å². The van der Waals surface area contributed by atoms with Crippen LogP contribution in [0.25, 0.3) is 33.5 Å². The van der Waals surface area contributed by atoms with Gasteiger partial charge in [-0.15, -0.1) is 10.2 Å². The Morgan fingerprint density at radius 2 is 1.87 bits per heavy atom. The summed E-state index contributed by atoms with van der Waals surface area (Å²) in [6.07, 6.45) is 2.17. The molecule has 1 aliphatic rings. The van der Waals surface area contributed by atoms with E-state index in [9.17, 15) is 17.4 Å². The first kappa shape index (κ1) is 23.2. The summed E-state index contributed by atoms with van der Waals surface area (Å²) in [6.45, 7) is 0.144. The van der Waals surface area contributed by atoms with Gasteiger partial charge < -0.3 is 19.3 Å². The third-order valence-corrected chi connectivity index (χ3v) is 7.47. The van der Waals surface area contributed by atoms with Crippen molar-refractivity contribution >= 4 is 23.2 Å². The minimum atomic E-state index is -2.97. The molecule has 3 aromatic carbocycles. The lowest BCUT2D eigenvalue weighted by molar-refractivity contribution is -0.00726. The van der Waals surface area contributed by atoms with Gasteiger partial charge in [-0.1, -0.05) is 60.9 Å². The third kappa shape index (κ3) is 6.35. The smallest absolute Gasteiger partial charge is 0.478 e. The average Bonchev–Trinajstić information content (AvgIpc) is 3.77. The van der Waals surface area contributed by atoms with E-state index in [1.54, 1.807) is 38.1 Å². The van der Waals surface area contributed by atoms with Crippen LogP contribution in [0.2, 0.25) is 0 Å². The van der Waals surface area contributed by atoms with Crippen LogP contribution in [-0.2, 0) is 16.0 Å². The van der Waals surface area contributed by atoms with Gasteiger partial charge in [0.15, 0.2) is 0 Å². The van der Waals surface area contributed by atoms with Crippen LogP contribution < -0.4 is 4.74 Å². The summed E-state index contributed by atoms with van der Waals surface area (Å²) >= 11 is 0. The van der Waals surface area contributed by atoms with E-state index < -0.39 is 66.0 Å². The lowest BCUT2D eigenvalue weighted by Crippen LogP contribution is -2.22. The van der Waals surface area contributed by atoms with Gasteiger partial charge in [0.05, 0.1) is 32.4 Å². The number of aromatic nitrogens is 6. The Balaban J connectivity index is 1.51. The molecule has 12 heteroatoms. The van der Waals surface area contributed by atoms with E-state index in [2.05, 4.69) is 25.6 Å². The SMILES string of the molecule is [2H]c1c([2H])c(C([2H])([2H])n2c(OCC)nc3c(C(C)OC(=O)OC4CCCCC4)ccc(C(=O)O)c32)c([2H])c([2H])c1-c1ccccc1-c1nn[nH]n1. The highest BCUT2D eigenvalue weighted by Gasteiger charge is 2.26. The summed E-state index contributed by atoms with van der Waals surface area (Å²) in [5, 5.41) is 24.1. The molecule has 0 radical (unpaired) electrons. The molecule has 12 nitrogen and oxygen atoms in total. The van der Waals surface area contributed by atoms with E-state index >= 15 is 0 Å². The van der Waals surface area contributed by atoms with Gasteiger partial charge in [-0.05, 0) is 67.5 Å². The van der Waals surface area contributed by atoms with Gasteiger partial charge in [-0.25, -0.2) is 9.59 Å². The Morgan fingerprint density at radius 1 is 1.11 bits per heavy atom. The number of carbonyl (C=O) groups is 2. The number of carboxylic acids is 1. The number of aromatic carboxylic acids is 1. The maximum atomic E-state index is 12.7. The third-order valence-electron chi connectivity index (χ3n) is 7.47. The van der Waals surface area contributed by atoms with E-state index in [0.717, 1.165) is 36.7 Å². The number of nitrogens with one attached hydrogen (secondary N) is 1. The van der Waals surface area contributed by atoms with Gasteiger partial charge in [-0.3, -0.25) is 4.57 Å². The predicted octanol–water partition coefficient (Wildman–Crippen LogP) is 6.58. The second-order valence-corrected chi connectivity index (χ2v) is 10.4. The molecule has 5 aromatic rings. The summed E-state index contributed by atoms with van der Waals surface area (Å²) in [5.41, 5.74) is -0.743. The maximum Gasteiger partial charge on any atom is 0.509 e. The number of H-pyrrole nitrogens is 1. The topological polar surface area (TPSA) is 154 Å². The molecule has 1 aliphatic carbocycles. The predicted molar refractivity (Wildman–Crippen MR) is 165 cm³/mol. The molecule has 2 heterocycles. The summed E-state index contributed by atoms with van der Waals surface area (Å²) in [6, 6.07) is 6.14. The molecule has 0 aliphatic heterocycles. The molecule has 232 valence electrons. The number of carbonyl (C=O) groups excluding carboxylic acids is 1. The van der Waals surface area contributed by atoms with Gasteiger partial charge in [0.25, 0.3) is 6.01 Å². The van der Waals surface area contributed by atoms with Crippen molar-refractivity contribution in [3.05, 3.63) is 77.3 Å². The fraction of sp³-hybridized carbons (Fsp3) is 0.333. The van der Waals surface area contributed by atoms with E-state index in [0.29, 0.717) is 5.56 Å². The zero-order valence-electron chi connectivity index (χ0n) is 30.6. The van der Waals surface area contributed by atoms with Crippen LogP contribution in [-0.4, -0.2) is 60.1 Å². The first-order chi connectivity index (χ1) is 24.4. The molecule has 0 saturated heterocycles. The van der Waals surface area contributed by atoms with Crippen molar-refractivity contribution in [2.45, 2.75) is 64.7 Å². The molecule has 6 rings (SSSR count). The second kappa shape index (κ2) is 13.2. The number of benzene rings is 3. The lowest BCUT2D eigenvalue weighted by atomic mass is 9.98. The van der Waals surface area contributed by atoms with Crippen molar-refractivity contribution in [3.63, 3.8) is 0 Å². The summed E-state index contributed by atoms with van der Waals surface area (Å²) < 4.78 is 72.3. The number of carboxylic acid groups (broad SMARTS) is 1. The quantitative estimate of drug-likeness (QED) is 0.165. The number of fused-ring (bicyclic) bond motifs is 1. The second-order valence-electron chi connectivity index (χ2n) is 10.4. The number of tetrazole rings is 1. The Labute approximate surface area is 267 Å². The van der Waals surface area contributed by atoms with Crippen molar-refractivity contribution in [1.29, 1.82) is 0 Å². The largest absolute Gasteiger partial charge is 0.509 e. The number of hydrogen-bond donors (Lipinski definition) is 2. The lowest BCUT2D eigenvalue weighted by Gasteiger charge is -2.22. The molecule has 1 saturated carbocycles. The Morgan fingerprint density at radius 3 is 2.56 bits per heavy atom. The highest BCUT2D eigenvalue weighted by atomic mass is 16.7. The van der Waals surface area contributed by atoms with Crippen LogP contribution in [0.1, 0.15) is 81.8 Å². The molecule has 45 heavy (non-hydrogen) atoms. The van der Waals surface area contributed by atoms with E-state index in [4.69, 9.17) is 19.7 Å². The van der Waals surface area contributed by atoms with Gasteiger partial charge >= 0.3 is 12.1 Å². The molecule has 1 unspecified atom stereocenters. The van der Waals surface area contributed by atoms with Gasteiger partial charge in [0.1, 0.15) is 17.7 Å². The van der Waals surface area contributed by atoms with Crippen LogP contribution >= 0.6 is 0 Å². The summed E-state index contributed by atoms with van der Waals surface area (Å²) in [7, 11) is 0. The zero-order valence-corrected chi connectivity index (χ0v) is 24.6. The van der Waals surface area contributed by atoms with Crippen LogP contribution in [0.3, 0.4) is 0 Å². The fourth-order valence-electron chi connectivity index (χ4n) is 5.35. The van der Waals surface area contributed by atoms with Crippen LogP contribution in [0.5, 0.6) is 6.01 Å². The van der Waals surface area contributed by atoms with Crippen LogP contribution in [0, 0.1) is 0 Å². The van der Waals surface area contributed by atoms with E-state index in [-0.39, 0.29) is 46.3 Å². The molecule has 0 spiro atoms. The molecular weight excluding hydrogens is 576 g/mol. The van der Waals surface area contributed by atoms with Crippen molar-refractivity contribution in [1.82, 2.24) is 30.2 Å². The monoisotopic (exact) mass is 616 g/mol. The number of imidazole rings is 1. The summed E-state index contributed by atoms with van der Waals surface area (Å²) in [5.74, 6) is -1.30. The number of aromatic amines is 1. The highest BCUT2D eigenvalue weighted by molar-refractivity contribution is 6.02. The van der Waals surface area contributed by atoms with Gasteiger partial charge in [0, 0.05) is 11.1 Å². The Bertz CT molecular complexity index is 2090. The molecular formula is C33H34N6O6. The van der Waals surface area contributed by atoms with Crippen molar-refractivity contribution in [2.75, 3.05) is 6.61 Å². The highest BCUT2D eigenvalue weighted by Crippen LogP contribution is 2.34. The van der Waals surface area contributed by atoms with Crippen LogP contribution in [0.15, 0.2) is 60.6 Å².